The van der Waals surface area contributed by atoms with Gasteiger partial charge in [-0.3, -0.25) is 4.79 Å². The lowest BCUT2D eigenvalue weighted by atomic mass is 10.0. The van der Waals surface area contributed by atoms with Crippen molar-refractivity contribution < 1.29 is 19.1 Å². The summed E-state index contributed by atoms with van der Waals surface area (Å²) in [6, 6.07) is 5.74. The van der Waals surface area contributed by atoms with E-state index in [1.165, 1.54) is 11.1 Å². The van der Waals surface area contributed by atoms with Gasteiger partial charge >= 0.3 is 5.97 Å². The molecule has 1 aliphatic rings. The smallest absolute Gasteiger partial charge is 0.335 e. The lowest BCUT2D eigenvalue weighted by molar-refractivity contribution is -0.157. The first-order valence-electron chi connectivity index (χ1n) is 7.62. The van der Waals surface area contributed by atoms with Crippen LogP contribution in [0, 0.1) is 0 Å². The van der Waals surface area contributed by atoms with Crippen molar-refractivity contribution in [2.45, 2.75) is 45.3 Å². The van der Waals surface area contributed by atoms with Crippen LogP contribution in [0.2, 0.25) is 0 Å². The molecule has 0 heterocycles. The number of rotatable bonds is 7. The van der Waals surface area contributed by atoms with Crippen molar-refractivity contribution in [3.63, 3.8) is 0 Å². The van der Waals surface area contributed by atoms with Crippen molar-refractivity contribution in [3.05, 3.63) is 47.5 Å². The Labute approximate surface area is 131 Å². The summed E-state index contributed by atoms with van der Waals surface area (Å²) in [5.74, 6) is -0.720. The first kappa shape index (κ1) is 16.4. The zero-order chi connectivity index (χ0) is 16.1. The van der Waals surface area contributed by atoms with Gasteiger partial charge in [-0.1, -0.05) is 18.2 Å². The maximum atomic E-state index is 12.4. The third kappa shape index (κ3) is 3.83. The van der Waals surface area contributed by atoms with E-state index in [9.17, 15) is 9.59 Å². The number of carbonyl (C=O) groups is 2. The van der Waals surface area contributed by atoms with Crippen LogP contribution in [0.5, 0.6) is 0 Å². The van der Waals surface area contributed by atoms with Crippen molar-refractivity contribution >= 4 is 11.8 Å². The first-order valence-corrected chi connectivity index (χ1v) is 7.62. The van der Waals surface area contributed by atoms with Crippen LogP contribution in [0.25, 0.3) is 0 Å². The summed E-state index contributed by atoms with van der Waals surface area (Å²) in [6.45, 7) is 6.97. The predicted octanol–water partition coefficient (Wildman–Crippen LogP) is 2.88. The van der Waals surface area contributed by atoms with E-state index in [2.05, 4.69) is 6.58 Å². The number of hydrogen-bond acceptors (Lipinski definition) is 4. The molecular weight excluding hydrogens is 280 g/mol. The SMILES string of the molecule is C=CCOC(C)C(=O)OC(C)C(=O)c1ccc2c(c1)CCC2. The molecule has 0 spiro atoms. The topological polar surface area (TPSA) is 52.6 Å². The number of ether oxygens (including phenoxy) is 2. The van der Waals surface area contributed by atoms with Gasteiger partial charge in [-0.25, -0.2) is 4.79 Å². The molecule has 1 aromatic carbocycles. The van der Waals surface area contributed by atoms with E-state index in [1.807, 2.05) is 18.2 Å². The van der Waals surface area contributed by atoms with Crippen LogP contribution in [0.15, 0.2) is 30.9 Å². The van der Waals surface area contributed by atoms with E-state index in [1.54, 1.807) is 19.9 Å². The lowest BCUT2D eigenvalue weighted by Crippen LogP contribution is -2.31. The Bertz CT molecular complexity index is 576. The summed E-state index contributed by atoms with van der Waals surface area (Å²) < 4.78 is 10.4. The summed E-state index contributed by atoms with van der Waals surface area (Å²) in [7, 11) is 0. The number of carbonyl (C=O) groups excluding carboxylic acids is 2. The van der Waals surface area contributed by atoms with Crippen LogP contribution >= 0.6 is 0 Å². The Morgan fingerprint density at radius 1 is 1.23 bits per heavy atom. The van der Waals surface area contributed by atoms with Crippen LogP contribution in [-0.2, 0) is 27.1 Å². The van der Waals surface area contributed by atoms with Crippen LogP contribution in [-0.4, -0.2) is 30.6 Å². The Kier molecular flexibility index (Phi) is 5.50. The average Bonchev–Trinajstić information content (AvgIpc) is 2.98. The molecule has 118 valence electrons. The summed E-state index contributed by atoms with van der Waals surface area (Å²) in [5.41, 5.74) is 3.14. The second kappa shape index (κ2) is 7.36. The number of esters is 1. The average molecular weight is 302 g/mol. The highest BCUT2D eigenvalue weighted by Crippen LogP contribution is 2.23. The molecule has 2 rings (SSSR count). The Morgan fingerprint density at radius 3 is 2.68 bits per heavy atom. The minimum absolute atomic E-state index is 0.182. The number of aryl methyl sites for hydroxylation is 2. The van der Waals surface area contributed by atoms with E-state index in [-0.39, 0.29) is 12.4 Å². The standard InChI is InChI=1S/C18H22O4/c1-4-10-21-13(3)18(20)22-12(2)17(19)16-9-8-14-6-5-7-15(14)11-16/h4,8-9,11-13H,1,5-7,10H2,2-3H3. The van der Waals surface area contributed by atoms with Gasteiger partial charge in [0, 0.05) is 5.56 Å². The molecule has 0 radical (unpaired) electrons. The van der Waals surface area contributed by atoms with Crippen LogP contribution < -0.4 is 0 Å². The number of hydrogen-bond donors (Lipinski definition) is 0. The van der Waals surface area contributed by atoms with E-state index in [0.29, 0.717) is 5.56 Å². The molecule has 4 nitrogen and oxygen atoms in total. The van der Waals surface area contributed by atoms with Crippen LogP contribution in [0.4, 0.5) is 0 Å². The third-order valence-corrected chi connectivity index (χ3v) is 3.84. The van der Waals surface area contributed by atoms with Gasteiger partial charge in [-0.2, -0.15) is 0 Å². The van der Waals surface area contributed by atoms with Gasteiger partial charge in [0.05, 0.1) is 6.61 Å². The molecule has 0 bridgehead atoms. The minimum atomic E-state index is -0.818. The molecule has 0 aromatic heterocycles. The van der Waals surface area contributed by atoms with Gasteiger partial charge in [-0.05, 0) is 50.3 Å². The molecule has 4 heteroatoms. The molecule has 0 saturated carbocycles. The number of benzene rings is 1. The third-order valence-electron chi connectivity index (χ3n) is 3.84. The first-order chi connectivity index (χ1) is 10.5. The molecule has 0 aliphatic heterocycles. The van der Waals surface area contributed by atoms with Crippen LogP contribution in [0.3, 0.4) is 0 Å². The van der Waals surface area contributed by atoms with Gasteiger partial charge in [0.2, 0.25) is 5.78 Å². The highest BCUT2D eigenvalue weighted by molar-refractivity contribution is 6.00. The predicted molar refractivity (Wildman–Crippen MR) is 84.0 cm³/mol. The number of ketones is 1. The van der Waals surface area contributed by atoms with Crippen molar-refractivity contribution in [2.24, 2.45) is 0 Å². The molecule has 2 atom stereocenters. The highest BCUT2D eigenvalue weighted by Gasteiger charge is 2.24. The molecular formula is C18H22O4. The Hall–Kier alpha value is -1.94. The highest BCUT2D eigenvalue weighted by atomic mass is 16.6. The van der Waals surface area contributed by atoms with Gasteiger partial charge < -0.3 is 9.47 Å². The maximum absolute atomic E-state index is 12.4. The van der Waals surface area contributed by atoms with E-state index in [0.717, 1.165) is 19.3 Å². The monoisotopic (exact) mass is 302 g/mol. The summed E-state index contributed by atoms with van der Waals surface area (Å²) >= 11 is 0. The fourth-order valence-corrected chi connectivity index (χ4v) is 2.56. The number of Topliss-reactive ketones (excluding diaryl/α,β-unsaturated/α-hetero) is 1. The normalized spacial score (nSPS) is 15.7. The maximum Gasteiger partial charge on any atom is 0.335 e. The van der Waals surface area contributed by atoms with Crippen molar-refractivity contribution in [1.82, 2.24) is 0 Å². The van der Waals surface area contributed by atoms with Crippen LogP contribution in [0.1, 0.15) is 41.8 Å². The molecule has 22 heavy (non-hydrogen) atoms. The second-order valence-electron chi connectivity index (χ2n) is 5.54. The Morgan fingerprint density at radius 2 is 1.95 bits per heavy atom. The zero-order valence-corrected chi connectivity index (χ0v) is 13.1. The molecule has 1 aliphatic carbocycles. The molecule has 0 fully saturated rings. The molecule has 0 amide bonds. The Balaban J connectivity index is 1.97. The molecule has 0 N–H and O–H groups in total. The number of fused-ring (bicyclic) bond motifs is 1. The van der Waals surface area contributed by atoms with Crippen molar-refractivity contribution in [1.29, 1.82) is 0 Å². The quantitative estimate of drug-likeness (QED) is 0.441. The second-order valence-corrected chi connectivity index (χ2v) is 5.54. The minimum Gasteiger partial charge on any atom is -0.452 e. The molecule has 0 saturated heterocycles. The van der Waals surface area contributed by atoms with Crippen molar-refractivity contribution in [3.8, 4) is 0 Å². The summed E-state index contributed by atoms with van der Waals surface area (Å²) in [4.78, 5) is 24.2. The zero-order valence-electron chi connectivity index (χ0n) is 13.1. The van der Waals surface area contributed by atoms with Gasteiger partial charge in [0.1, 0.15) is 0 Å². The fraction of sp³-hybridized carbons (Fsp3) is 0.444. The van der Waals surface area contributed by atoms with Gasteiger partial charge in [-0.15, -0.1) is 6.58 Å². The van der Waals surface area contributed by atoms with Gasteiger partial charge in [0.25, 0.3) is 0 Å². The largest absolute Gasteiger partial charge is 0.452 e. The molecule has 2 unspecified atom stereocenters. The summed E-state index contributed by atoms with van der Waals surface area (Å²) in [5, 5.41) is 0. The van der Waals surface area contributed by atoms with Crippen molar-refractivity contribution in [2.75, 3.05) is 6.61 Å². The fourth-order valence-electron chi connectivity index (χ4n) is 2.56. The van der Waals surface area contributed by atoms with E-state index < -0.39 is 18.2 Å². The molecule has 1 aromatic rings. The van der Waals surface area contributed by atoms with Gasteiger partial charge in [0.15, 0.2) is 12.2 Å². The lowest BCUT2D eigenvalue weighted by Gasteiger charge is -2.16. The van der Waals surface area contributed by atoms with E-state index >= 15 is 0 Å². The summed E-state index contributed by atoms with van der Waals surface area (Å²) in [6.07, 6.45) is 3.25. The van der Waals surface area contributed by atoms with E-state index in [4.69, 9.17) is 9.47 Å².